The van der Waals surface area contributed by atoms with E-state index in [4.69, 9.17) is 33.2 Å². The zero-order valence-corrected chi connectivity index (χ0v) is 26.5. The molecule has 0 aromatic heterocycles. The topological polar surface area (TPSA) is 102 Å². The van der Waals surface area contributed by atoms with E-state index >= 15 is 0 Å². The van der Waals surface area contributed by atoms with Crippen molar-refractivity contribution >= 4 is 23.0 Å². The molecule has 238 valence electrons. The van der Waals surface area contributed by atoms with Crippen molar-refractivity contribution in [3.8, 4) is 40.2 Å². The van der Waals surface area contributed by atoms with E-state index in [0.717, 1.165) is 5.56 Å². The van der Waals surface area contributed by atoms with E-state index in [0.29, 0.717) is 56.9 Å². The third kappa shape index (κ3) is 6.14. The van der Waals surface area contributed by atoms with E-state index < -0.39 is 11.8 Å². The van der Waals surface area contributed by atoms with Crippen LogP contribution in [0.5, 0.6) is 40.2 Å². The molecule has 10 nitrogen and oxygen atoms in total. The minimum Gasteiger partial charge on any atom is -0.493 e. The summed E-state index contributed by atoms with van der Waals surface area (Å²) in [5.41, 5.74) is 2.95. The number of amides is 2. The molecule has 0 fully saturated rings. The number of hydrogen-bond acceptors (Lipinski definition) is 9. The molecule has 10 heteroatoms. The number of imide groups is 1. The van der Waals surface area contributed by atoms with Crippen LogP contribution in [0, 0.1) is 0 Å². The molecular formula is C36H35NO9. The second-order valence-corrected chi connectivity index (χ2v) is 10.2. The first kappa shape index (κ1) is 31.8. The fraction of sp³-hybridized carbons (Fsp3) is 0.222. The fourth-order valence-electron chi connectivity index (χ4n) is 5.34. The Hall–Kier alpha value is -5.64. The summed E-state index contributed by atoms with van der Waals surface area (Å²) in [4.78, 5) is 29.7. The molecule has 0 saturated heterocycles. The number of methoxy groups -OCH3 is 6. The van der Waals surface area contributed by atoms with Crippen molar-refractivity contribution in [2.75, 3.05) is 42.7 Å². The van der Waals surface area contributed by atoms with Gasteiger partial charge in [0.1, 0.15) is 6.61 Å². The molecule has 4 aromatic carbocycles. The summed E-state index contributed by atoms with van der Waals surface area (Å²) in [7, 11) is 9.09. The predicted molar refractivity (Wildman–Crippen MR) is 172 cm³/mol. The van der Waals surface area contributed by atoms with Crippen LogP contribution in [-0.2, 0) is 22.7 Å². The molecule has 1 aliphatic heterocycles. The van der Waals surface area contributed by atoms with Gasteiger partial charge >= 0.3 is 0 Å². The highest BCUT2D eigenvalue weighted by Gasteiger charge is 2.40. The molecule has 1 aliphatic rings. The average Bonchev–Trinajstić information content (AvgIpc) is 3.34. The van der Waals surface area contributed by atoms with Crippen molar-refractivity contribution < 1.29 is 42.7 Å². The molecule has 0 spiro atoms. The molecule has 46 heavy (non-hydrogen) atoms. The maximum absolute atomic E-state index is 14.3. The second-order valence-electron chi connectivity index (χ2n) is 10.2. The number of carbonyl (C=O) groups is 2. The van der Waals surface area contributed by atoms with Gasteiger partial charge in [0.25, 0.3) is 11.8 Å². The van der Waals surface area contributed by atoms with Gasteiger partial charge in [-0.1, -0.05) is 42.5 Å². The van der Waals surface area contributed by atoms with Crippen molar-refractivity contribution in [1.29, 1.82) is 0 Å². The van der Waals surface area contributed by atoms with Crippen LogP contribution in [0.25, 0.3) is 11.1 Å². The summed E-state index contributed by atoms with van der Waals surface area (Å²) in [5, 5.41) is 0. The van der Waals surface area contributed by atoms with Crippen LogP contribution in [0.4, 0.5) is 0 Å². The third-order valence-electron chi connectivity index (χ3n) is 7.59. The maximum atomic E-state index is 14.3. The minimum atomic E-state index is -0.484. The maximum Gasteiger partial charge on any atom is 0.262 e. The molecule has 0 atom stereocenters. The third-order valence-corrected chi connectivity index (χ3v) is 7.59. The Morgan fingerprint density at radius 3 is 1.50 bits per heavy atom. The predicted octanol–water partition coefficient (Wildman–Crippen LogP) is 5.80. The van der Waals surface area contributed by atoms with Crippen LogP contribution < -0.4 is 33.2 Å². The molecule has 0 aliphatic carbocycles. The SMILES string of the molecule is COc1ccc(C2=C(c3ccc(OC)c(OCc4ccccc4)c3)C(=O)N(Cc3cc(OC)c(OC)c(OC)c3)C2=O)cc1OC. The van der Waals surface area contributed by atoms with Crippen LogP contribution in [-0.4, -0.2) is 59.4 Å². The lowest BCUT2D eigenvalue weighted by molar-refractivity contribution is -0.136. The van der Waals surface area contributed by atoms with Crippen molar-refractivity contribution in [3.05, 3.63) is 101 Å². The lowest BCUT2D eigenvalue weighted by atomic mass is 9.95. The molecule has 0 radical (unpaired) electrons. The van der Waals surface area contributed by atoms with Gasteiger partial charge in [-0.15, -0.1) is 0 Å². The Kier molecular flexibility index (Phi) is 9.66. The highest BCUT2D eigenvalue weighted by atomic mass is 16.5. The highest BCUT2D eigenvalue weighted by molar-refractivity contribution is 6.49. The van der Waals surface area contributed by atoms with Gasteiger partial charge in [0.2, 0.25) is 5.75 Å². The zero-order valence-electron chi connectivity index (χ0n) is 26.5. The van der Waals surface area contributed by atoms with Crippen LogP contribution in [0.1, 0.15) is 22.3 Å². The van der Waals surface area contributed by atoms with Crippen molar-refractivity contribution in [3.63, 3.8) is 0 Å². The van der Waals surface area contributed by atoms with Gasteiger partial charge in [-0.3, -0.25) is 14.5 Å². The standard InChI is InChI=1S/C36H35NO9/c1-40-26-14-12-24(18-28(26)42-3)32-33(25-13-15-27(41-2)29(19-25)46-21-22-10-8-7-9-11-22)36(39)37(35(32)38)20-23-16-30(43-4)34(45-6)31(17-23)44-5/h7-19H,20-21H2,1-6H3. The molecule has 0 saturated carbocycles. The second kappa shape index (κ2) is 14.0. The smallest absolute Gasteiger partial charge is 0.262 e. The first-order valence-electron chi connectivity index (χ1n) is 14.3. The van der Waals surface area contributed by atoms with Crippen molar-refractivity contribution in [1.82, 2.24) is 4.90 Å². The van der Waals surface area contributed by atoms with E-state index in [-0.39, 0.29) is 24.3 Å². The molecule has 0 bridgehead atoms. The van der Waals surface area contributed by atoms with Gasteiger partial charge in [-0.25, -0.2) is 0 Å². The Bertz CT molecular complexity index is 1760. The summed E-state index contributed by atoms with van der Waals surface area (Å²) >= 11 is 0. The van der Waals surface area contributed by atoms with E-state index in [2.05, 4.69) is 0 Å². The largest absolute Gasteiger partial charge is 0.493 e. The fourth-order valence-corrected chi connectivity index (χ4v) is 5.34. The van der Waals surface area contributed by atoms with Gasteiger partial charge in [0, 0.05) is 0 Å². The van der Waals surface area contributed by atoms with Gasteiger partial charge in [-0.2, -0.15) is 0 Å². The van der Waals surface area contributed by atoms with Crippen LogP contribution in [0.15, 0.2) is 78.9 Å². The van der Waals surface area contributed by atoms with Crippen LogP contribution in [0.3, 0.4) is 0 Å². The highest BCUT2D eigenvalue weighted by Crippen LogP contribution is 2.43. The van der Waals surface area contributed by atoms with Crippen molar-refractivity contribution in [2.45, 2.75) is 13.2 Å². The van der Waals surface area contributed by atoms with Gasteiger partial charge in [-0.05, 0) is 58.7 Å². The summed E-state index contributed by atoms with van der Waals surface area (Å²) in [6.45, 7) is 0.227. The van der Waals surface area contributed by atoms with E-state index in [1.54, 1.807) is 55.6 Å². The van der Waals surface area contributed by atoms with E-state index in [9.17, 15) is 9.59 Å². The van der Waals surface area contributed by atoms with Gasteiger partial charge < -0.3 is 33.2 Å². The molecular weight excluding hydrogens is 590 g/mol. The first-order valence-corrected chi connectivity index (χ1v) is 14.3. The van der Waals surface area contributed by atoms with E-state index in [1.165, 1.54) is 40.4 Å². The molecule has 4 aromatic rings. The number of rotatable bonds is 13. The van der Waals surface area contributed by atoms with Crippen LogP contribution in [0.2, 0.25) is 0 Å². The number of benzene rings is 4. The summed E-state index contributed by atoms with van der Waals surface area (Å²) in [6, 6.07) is 23.4. The Balaban J connectivity index is 1.61. The number of ether oxygens (including phenoxy) is 7. The molecule has 0 unspecified atom stereocenters. The normalized spacial score (nSPS) is 12.7. The lowest BCUT2D eigenvalue weighted by Crippen LogP contribution is -2.31. The quantitative estimate of drug-likeness (QED) is 0.171. The number of hydrogen-bond donors (Lipinski definition) is 0. The van der Waals surface area contributed by atoms with Gasteiger partial charge in [0.15, 0.2) is 34.5 Å². The first-order chi connectivity index (χ1) is 22.4. The monoisotopic (exact) mass is 625 g/mol. The summed E-state index contributed by atoms with van der Waals surface area (Å²) in [6.07, 6.45) is 0. The van der Waals surface area contributed by atoms with Crippen LogP contribution >= 0.6 is 0 Å². The summed E-state index contributed by atoms with van der Waals surface area (Å²) < 4.78 is 39.1. The Morgan fingerprint density at radius 1 is 0.500 bits per heavy atom. The number of carbonyl (C=O) groups excluding carboxylic acids is 2. The summed E-state index contributed by atoms with van der Waals surface area (Å²) in [5.74, 6) is 2.05. The average molecular weight is 626 g/mol. The lowest BCUT2D eigenvalue weighted by Gasteiger charge is -2.19. The Labute approximate surface area is 267 Å². The Morgan fingerprint density at radius 2 is 1.00 bits per heavy atom. The molecule has 2 amide bonds. The minimum absolute atomic E-state index is 0.0534. The molecule has 1 heterocycles. The number of nitrogens with zero attached hydrogens (tertiary/aromatic N) is 1. The molecule has 5 rings (SSSR count). The van der Waals surface area contributed by atoms with E-state index in [1.807, 2.05) is 30.3 Å². The van der Waals surface area contributed by atoms with Crippen molar-refractivity contribution in [2.24, 2.45) is 0 Å². The molecule has 0 N–H and O–H groups in total. The van der Waals surface area contributed by atoms with Gasteiger partial charge in [0.05, 0.1) is 60.3 Å². The zero-order chi connectivity index (χ0) is 32.8.